The van der Waals surface area contributed by atoms with Crippen molar-refractivity contribution in [1.82, 2.24) is 10.2 Å². The number of carbonyl (C=O) groups is 2. The summed E-state index contributed by atoms with van der Waals surface area (Å²) in [4.78, 5) is 29.1. The van der Waals surface area contributed by atoms with Crippen LogP contribution in [-0.4, -0.2) is 51.9 Å². The first-order chi connectivity index (χ1) is 20.2. The van der Waals surface area contributed by atoms with Crippen LogP contribution < -0.4 is 14.4 Å². The van der Waals surface area contributed by atoms with Gasteiger partial charge in [-0.3, -0.25) is 13.9 Å². The quantitative estimate of drug-likeness (QED) is 0.263. The highest BCUT2D eigenvalue weighted by Crippen LogP contribution is 2.26. The second-order valence-corrected chi connectivity index (χ2v) is 11.7. The van der Waals surface area contributed by atoms with Gasteiger partial charge in [0.15, 0.2) is 0 Å². The molecule has 4 aromatic carbocycles. The molecule has 0 aliphatic rings. The molecule has 0 radical (unpaired) electrons. The van der Waals surface area contributed by atoms with Crippen molar-refractivity contribution in [2.45, 2.75) is 30.8 Å². The van der Waals surface area contributed by atoms with Gasteiger partial charge in [-0.15, -0.1) is 0 Å². The van der Waals surface area contributed by atoms with Crippen molar-refractivity contribution >= 4 is 27.5 Å². The first-order valence-corrected chi connectivity index (χ1v) is 15.0. The highest BCUT2D eigenvalue weighted by atomic mass is 32.2. The van der Waals surface area contributed by atoms with Crippen molar-refractivity contribution in [2.75, 3.05) is 25.0 Å². The number of anilines is 1. The number of likely N-dealkylation sites (N-methyl/N-ethyl adjacent to an activating group) is 1. The summed E-state index contributed by atoms with van der Waals surface area (Å²) >= 11 is 0. The van der Waals surface area contributed by atoms with Gasteiger partial charge in [0, 0.05) is 20.0 Å². The number of para-hydroxylation sites is 1. The zero-order chi connectivity index (χ0) is 30.1. The normalized spacial score (nSPS) is 11.8. The Hall–Kier alpha value is -4.63. The van der Waals surface area contributed by atoms with E-state index in [0.29, 0.717) is 11.4 Å². The van der Waals surface area contributed by atoms with Gasteiger partial charge < -0.3 is 15.0 Å². The Morgan fingerprint density at radius 1 is 0.833 bits per heavy atom. The van der Waals surface area contributed by atoms with Gasteiger partial charge >= 0.3 is 0 Å². The van der Waals surface area contributed by atoms with Gasteiger partial charge in [-0.2, -0.15) is 0 Å². The third-order valence-electron chi connectivity index (χ3n) is 6.92. The number of aryl methyl sites for hydroxylation is 1. The number of nitrogens with one attached hydrogen (secondary N) is 1. The van der Waals surface area contributed by atoms with E-state index in [1.54, 1.807) is 42.5 Å². The molecule has 42 heavy (non-hydrogen) atoms. The van der Waals surface area contributed by atoms with E-state index in [4.69, 9.17) is 4.74 Å². The zero-order valence-electron chi connectivity index (χ0n) is 23.9. The van der Waals surface area contributed by atoms with Crippen LogP contribution in [0.1, 0.15) is 16.7 Å². The Labute approximate surface area is 247 Å². The van der Waals surface area contributed by atoms with Crippen LogP contribution in [0.4, 0.5) is 5.69 Å². The lowest BCUT2D eigenvalue weighted by Crippen LogP contribution is -2.53. The van der Waals surface area contributed by atoms with Gasteiger partial charge in [0.1, 0.15) is 18.3 Å². The van der Waals surface area contributed by atoms with Crippen molar-refractivity contribution in [3.05, 3.63) is 126 Å². The molecule has 0 aliphatic carbocycles. The first-order valence-electron chi connectivity index (χ1n) is 13.6. The van der Waals surface area contributed by atoms with E-state index >= 15 is 0 Å². The summed E-state index contributed by atoms with van der Waals surface area (Å²) < 4.78 is 34.2. The van der Waals surface area contributed by atoms with Crippen LogP contribution in [0, 0.1) is 6.92 Å². The molecule has 9 heteroatoms. The zero-order valence-corrected chi connectivity index (χ0v) is 24.8. The molecule has 4 rings (SSSR count). The molecule has 2 amide bonds. The van der Waals surface area contributed by atoms with E-state index in [2.05, 4.69) is 5.32 Å². The van der Waals surface area contributed by atoms with Gasteiger partial charge in [-0.1, -0.05) is 78.4 Å². The number of hydrogen-bond acceptors (Lipinski definition) is 5. The Kier molecular flexibility index (Phi) is 9.98. The molecule has 1 N–H and O–H groups in total. The monoisotopic (exact) mass is 585 g/mol. The highest BCUT2D eigenvalue weighted by molar-refractivity contribution is 7.92. The van der Waals surface area contributed by atoms with Gasteiger partial charge in [-0.25, -0.2) is 8.42 Å². The molecule has 1 unspecified atom stereocenters. The average Bonchev–Trinajstić information content (AvgIpc) is 3.02. The topological polar surface area (TPSA) is 96.0 Å². The van der Waals surface area contributed by atoms with E-state index in [9.17, 15) is 18.0 Å². The fraction of sp³-hybridized carbons (Fsp3) is 0.212. The molecule has 0 saturated carbocycles. The van der Waals surface area contributed by atoms with Crippen molar-refractivity contribution in [3.63, 3.8) is 0 Å². The smallest absolute Gasteiger partial charge is 0.264 e. The Bertz CT molecular complexity index is 1590. The summed E-state index contributed by atoms with van der Waals surface area (Å²) in [6.07, 6.45) is 0.259. The lowest BCUT2D eigenvalue weighted by Gasteiger charge is -2.33. The maximum absolute atomic E-state index is 14.3. The van der Waals surface area contributed by atoms with E-state index in [-0.39, 0.29) is 23.8 Å². The number of sulfonamides is 1. The van der Waals surface area contributed by atoms with Crippen molar-refractivity contribution < 1.29 is 22.7 Å². The summed E-state index contributed by atoms with van der Waals surface area (Å²) in [5.41, 5.74) is 3.04. The van der Waals surface area contributed by atoms with Crippen molar-refractivity contribution in [2.24, 2.45) is 0 Å². The van der Waals surface area contributed by atoms with Gasteiger partial charge in [0.2, 0.25) is 11.8 Å². The predicted octanol–water partition coefficient (Wildman–Crippen LogP) is 4.59. The number of ether oxygens (including phenoxy) is 1. The van der Waals surface area contributed by atoms with Crippen LogP contribution in [0.3, 0.4) is 0 Å². The molecule has 0 bridgehead atoms. The second-order valence-electron chi connectivity index (χ2n) is 9.85. The summed E-state index contributed by atoms with van der Waals surface area (Å²) in [7, 11) is -1.14. The third-order valence-corrected chi connectivity index (χ3v) is 8.71. The van der Waals surface area contributed by atoms with Crippen LogP contribution in [0.15, 0.2) is 114 Å². The number of carbonyl (C=O) groups excluding carboxylic acids is 2. The summed E-state index contributed by atoms with van der Waals surface area (Å²) in [5.74, 6) is -0.346. The molecular weight excluding hydrogens is 550 g/mol. The van der Waals surface area contributed by atoms with Crippen molar-refractivity contribution in [3.8, 4) is 5.75 Å². The molecule has 0 fully saturated rings. The highest BCUT2D eigenvalue weighted by Gasteiger charge is 2.34. The van der Waals surface area contributed by atoms with Crippen molar-refractivity contribution in [1.29, 1.82) is 0 Å². The number of benzene rings is 4. The van der Waals surface area contributed by atoms with E-state index in [1.165, 1.54) is 31.2 Å². The number of amides is 2. The fourth-order valence-electron chi connectivity index (χ4n) is 4.73. The largest absolute Gasteiger partial charge is 0.497 e. The summed E-state index contributed by atoms with van der Waals surface area (Å²) in [6, 6.07) is 30.7. The van der Waals surface area contributed by atoms with Crippen LogP contribution in [-0.2, 0) is 32.6 Å². The first kappa shape index (κ1) is 30.3. The minimum atomic E-state index is -4.17. The molecule has 8 nitrogen and oxygen atoms in total. The van der Waals surface area contributed by atoms with E-state index < -0.39 is 28.5 Å². The SMILES string of the molecule is CNC(=O)C(Cc1ccccc1)N(Cc1cccc(C)c1)C(=O)CN(c1ccccc1)S(=O)(=O)c1ccc(OC)cc1. The third kappa shape index (κ3) is 7.36. The van der Waals surface area contributed by atoms with Crippen LogP contribution in [0.25, 0.3) is 0 Å². The Morgan fingerprint density at radius 3 is 2.05 bits per heavy atom. The van der Waals surface area contributed by atoms with E-state index in [1.807, 2.05) is 61.5 Å². The molecule has 0 saturated heterocycles. The number of methoxy groups -OCH3 is 1. The number of nitrogens with zero attached hydrogens (tertiary/aromatic N) is 2. The van der Waals surface area contributed by atoms with E-state index in [0.717, 1.165) is 21.0 Å². The van der Waals surface area contributed by atoms with Gasteiger partial charge in [0.05, 0.1) is 17.7 Å². The average molecular weight is 586 g/mol. The molecule has 0 heterocycles. The predicted molar refractivity (Wildman–Crippen MR) is 164 cm³/mol. The Morgan fingerprint density at radius 2 is 1.45 bits per heavy atom. The fourth-order valence-corrected chi connectivity index (χ4v) is 6.14. The Balaban J connectivity index is 1.76. The lowest BCUT2D eigenvalue weighted by molar-refractivity contribution is -0.139. The number of hydrogen-bond donors (Lipinski definition) is 1. The lowest BCUT2D eigenvalue weighted by atomic mass is 10.0. The van der Waals surface area contributed by atoms with Gasteiger partial charge in [-0.05, 0) is 54.4 Å². The molecular formula is C33H35N3O5S. The van der Waals surface area contributed by atoms with Crippen LogP contribution in [0.5, 0.6) is 5.75 Å². The molecule has 4 aromatic rings. The molecule has 218 valence electrons. The maximum Gasteiger partial charge on any atom is 0.264 e. The summed E-state index contributed by atoms with van der Waals surface area (Å²) in [6.45, 7) is 1.57. The minimum absolute atomic E-state index is 0.0114. The molecule has 1 atom stereocenters. The molecule has 0 aliphatic heterocycles. The van der Waals surface area contributed by atoms with Crippen LogP contribution >= 0.6 is 0 Å². The standard InChI is InChI=1S/C33H35N3O5S/c1-25-11-10-14-27(21-25)23-35(31(33(38)34-2)22-26-12-6-4-7-13-26)32(37)24-36(28-15-8-5-9-16-28)42(39,40)30-19-17-29(41-3)18-20-30/h4-21,31H,22-24H2,1-3H3,(H,34,38). The maximum atomic E-state index is 14.3. The van der Waals surface area contributed by atoms with Crippen LogP contribution in [0.2, 0.25) is 0 Å². The molecule has 0 spiro atoms. The molecule has 0 aromatic heterocycles. The van der Waals surface area contributed by atoms with Gasteiger partial charge in [0.25, 0.3) is 10.0 Å². The summed E-state index contributed by atoms with van der Waals surface area (Å²) in [5, 5.41) is 2.69. The second kappa shape index (κ2) is 13.8. The number of rotatable bonds is 12. The minimum Gasteiger partial charge on any atom is -0.497 e.